The molecule has 2 rings (SSSR count). The van der Waals surface area contributed by atoms with Gasteiger partial charge in [0.05, 0.1) is 26.7 Å². The van der Waals surface area contributed by atoms with Crippen LogP contribution in [0.1, 0.15) is 22.8 Å². The molecule has 0 heterocycles. The van der Waals surface area contributed by atoms with Crippen LogP contribution in [-0.2, 0) is 20.1 Å². The van der Waals surface area contributed by atoms with Crippen molar-refractivity contribution in [2.24, 2.45) is 5.10 Å². The first-order valence-corrected chi connectivity index (χ1v) is 11.6. The summed E-state index contributed by atoms with van der Waals surface area (Å²) in [6, 6.07) is 7.36. The Kier molecular flexibility index (Phi) is 7.06. The minimum Gasteiger partial charge on any atom is -0.478 e. The standard InChI is InChI=1S/C18H22N4O7S2/c1-5-19-22(17-9-8-14(31(27,28)29)10-15(17)18(23)24)20-16-11-13(7-6-12(16)2)30(25,26)21(3)4/h5-11,20H,1-4H3,(H,23,24)(H,27,28,29). The lowest BCUT2D eigenvalue weighted by Crippen LogP contribution is -2.27. The summed E-state index contributed by atoms with van der Waals surface area (Å²) in [7, 11) is -5.56. The summed E-state index contributed by atoms with van der Waals surface area (Å²) in [6.07, 6.45) is 1.35. The molecule has 3 N–H and O–H groups in total. The zero-order chi connectivity index (χ0) is 23.6. The number of aryl methyl sites for hydroxylation is 1. The van der Waals surface area contributed by atoms with Crippen LogP contribution in [0, 0.1) is 6.92 Å². The lowest BCUT2D eigenvalue weighted by molar-refractivity contribution is 0.0697. The maximum Gasteiger partial charge on any atom is 0.338 e. The van der Waals surface area contributed by atoms with Gasteiger partial charge in [-0.2, -0.15) is 18.6 Å². The Balaban J connectivity index is 2.61. The average Bonchev–Trinajstić information content (AvgIpc) is 2.67. The van der Waals surface area contributed by atoms with Crippen LogP contribution in [0.15, 0.2) is 51.3 Å². The molecule has 0 aliphatic rings. The number of hydrogen-bond donors (Lipinski definition) is 3. The molecule has 0 spiro atoms. The molecule has 2 aromatic carbocycles. The van der Waals surface area contributed by atoms with Gasteiger partial charge in [-0.25, -0.2) is 17.5 Å². The van der Waals surface area contributed by atoms with Gasteiger partial charge >= 0.3 is 5.97 Å². The summed E-state index contributed by atoms with van der Waals surface area (Å²) < 4.78 is 57.9. The predicted molar refractivity (Wildman–Crippen MR) is 116 cm³/mol. The largest absolute Gasteiger partial charge is 0.478 e. The second kappa shape index (κ2) is 9.01. The average molecular weight is 471 g/mol. The second-order valence-electron chi connectivity index (χ2n) is 6.52. The van der Waals surface area contributed by atoms with Crippen LogP contribution >= 0.6 is 0 Å². The molecule has 11 nitrogen and oxygen atoms in total. The SMILES string of the molecule is CC=NN(Nc1cc(S(=O)(=O)N(C)C)ccc1C)c1ccc(S(=O)(=O)O)cc1C(=O)O. The second-order valence-corrected chi connectivity index (χ2v) is 10.1. The van der Waals surface area contributed by atoms with E-state index in [2.05, 4.69) is 10.5 Å². The zero-order valence-electron chi connectivity index (χ0n) is 17.1. The molecule has 0 radical (unpaired) electrons. The first-order valence-electron chi connectivity index (χ1n) is 8.72. The minimum atomic E-state index is -4.62. The summed E-state index contributed by atoms with van der Waals surface area (Å²) in [5.74, 6) is -1.46. The van der Waals surface area contributed by atoms with Crippen molar-refractivity contribution in [1.82, 2.24) is 4.31 Å². The highest BCUT2D eigenvalue weighted by Crippen LogP contribution is 2.28. The van der Waals surface area contributed by atoms with Gasteiger partial charge in [0.25, 0.3) is 10.1 Å². The van der Waals surface area contributed by atoms with E-state index in [0.717, 1.165) is 27.6 Å². The Morgan fingerprint density at radius 2 is 1.68 bits per heavy atom. The van der Waals surface area contributed by atoms with Crippen molar-refractivity contribution >= 4 is 43.7 Å². The molecular weight excluding hydrogens is 448 g/mol. The molecule has 0 unspecified atom stereocenters. The topological polar surface area (TPSA) is 157 Å². The number of hydrazone groups is 1. The molecule has 0 aliphatic heterocycles. The van der Waals surface area contributed by atoms with Crippen molar-refractivity contribution in [3.05, 3.63) is 47.5 Å². The maximum absolute atomic E-state index is 12.4. The Bertz CT molecular complexity index is 1240. The van der Waals surface area contributed by atoms with Crippen LogP contribution < -0.4 is 10.5 Å². The van der Waals surface area contributed by atoms with Crippen LogP contribution in [0.3, 0.4) is 0 Å². The maximum atomic E-state index is 12.4. The van der Waals surface area contributed by atoms with E-state index in [1.165, 1.54) is 32.4 Å². The van der Waals surface area contributed by atoms with E-state index in [4.69, 9.17) is 0 Å². The smallest absolute Gasteiger partial charge is 0.338 e. The number of nitrogens with zero attached hydrogens (tertiary/aromatic N) is 3. The van der Waals surface area contributed by atoms with E-state index >= 15 is 0 Å². The Morgan fingerprint density at radius 3 is 2.19 bits per heavy atom. The number of benzene rings is 2. The molecule has 0 saturated carbocycles. The van der Waals surface area contributed by atoms with Crippen molar-refractivity contribution in [3.8, 4) is 0 Å². The number of anilines is 2. The van der Waals surface area contributed by atoms with Crippen LogP contribution in [0.2, 0.25) is 0 Å². The van der Waals surface area contributed by atoms with Crippen molar-refractivity contribution in [1.29, 1.82) is 0 Å². The van der Waals surface area contributed by atoms with Crippen molar-refractivity contribution in [2.75, 3.05) is 24.6 Å². The molecule has 0 fully saturated rings. The lowest BCUT2D eigenvalue weighted by Gasteiger charge is -2.24. The molecule has 0 amide bonds. The number of hydrogen-bond acceptors (Lipinski definition) is 8. The van der Waals surface area contributed by atoms with Crippen LogP contribution in [0.4, 0.5) is 11.4 Å². The Morgan fingerprint density at radius 1 is 1.06 bits per heavy atom. The van der Waals surface area contributed by atoms with E-state index in [1.54, 1.807) is 19.9 Å². The van der Waals surface area contributed by atoms with E-state index in [-0.39, 0.29) is 10.6 Å². The molecule has 13 heteroatoms. The third-order valence-corrected chi connectivity index (χ3v) is 6.83. The highest BCUT2D eigenvalue weighted by atomic mass is 32.2. The number of nitrogens with one attached hydrogen (secondary N) is 1. The van der Waals surface area contributed by atoms with Crippen LogP contribution in [0.25, 0.3) is 0 Å². The first-order chi connectivity index (χ1) is 14.3. The number of rotatable bonds is 8. The highest BCUT2D eigenvalue weighted by Gasteiger charge is 2.22. The molecule has 168 valence electrons. The van der Waals surface area contributed by atoms with Crippen molar-refractivity contribution in [3.63, 3.8) is 0 Å². The molecule has 0 atom stereocenters. The van der Waals surface area contributed by atoms with Gasteiger partial charge in [-0.3, -0.25) is 9.98 Å². The Labute approximate surface area is 180 Å². The predicted octanol–water partition coefficient (Wildman–Crippen LogP) is 2.03. The van der Waals surface area contributed by atoms with E-state index in [0.29, 0.717) is 11.3 Å². The number of carboxylic acids is 1. The fraction of sp³-hybridized carbons (Fsp3) is 0.222. The monoisotopic (exact) mass is 470 g/mol. The summed E-state index contributed by atoms with van der Waals surface area (Å²) in [5, 5.41) is 14.7. The van der Waals surface area contributed by atoms with Gasteiger partial charge in [0, 0.05) is 20.3 Å². The number of sulfonamides is 1. The van der Waals surface area contributed by atoms with E-state index in [9.17, 15) is 31.3 Å². The summed E-state index contributed by atoms with van der Waals surface area (Å²) in [4.78, 5) is 11.1. The van der Waals surface area contributed by atoms with Gasteiger partial charge in [0.15, 0.2) is 0 Å². The number of aromatic carboxylic acids is 1. The molecule has 2 aromatic rings. The van der Waals surface area contributed by atoms with Crippen LogP contribution in [0.5, 0.6) is 0 Å². The number of hydrazine groups is 1. The summed E-state index contributed by atoms with van der Waals surface area (Å²) in [5.41, 5.74) is 3.31. The van der Waals surface area contributed by atoms with Gasteiger partial charge in [-0.15, -0.1) is 0 Å². The van der Waals surface area contributed by atoms with Gasteiger partial charge in [-0.1, -0.05) is 6.07 Å². The minimum absolute atomic E-state index is 0.00575. The highest BCUT2D eigenvalue weighted by molar-refractivity contribution is 7.89. The van der Waals surface area contributed by atoms with Crippen LogP contribution in [-0.4, -0.2) is 57.1 Å². The Hall–Kier alpha value is -3.00. The van der Waals surface area contributed by atoms with Gasteiger partial charge < -0.3 is 5.11 Å². The molecular formula is C18H22N4O7S2. The number of carbonyl (C=O) groups is 1. The molecule has 0 aliphatic carbocycles. The fourth-order valence-corrected chi connectivity index (χ4v) is 3.94. The molecule has 0 saturated heterocycles. The molecule has 31 heavy (non-hydrogen) atoms. The van der Waals surface area contributed by atoms with Gasteiger partial charge in [-0.05, 0) is 49.7 Å². The first kappa shape index (κ1) is 24.3. The number of carboxylic acid groups (broad SMARTS) is 1. The fourth-order valence-electron chi connectivity index (χ4n) is 2.51. The quantitative estimate of drug-likeness (QED) is 0.298. The normalized spacial score (nSPS) is 12.3. The zero-order valence-corrected chi connectivity index (χ0v) is 18.8. The lowest BCUT2D eigenvalue weighted by atomic mass is 10.2. The van der Waals surface area contributed by atoms with Gasteiger partial charge in [0.2, 0.25) is 10.0 Å². The molecule has 0 aromatic heterocycles. The van der Waals surface area contributed by atoms with E-state index in [1.807, 2.05) is 0 Å². The summed E-state index contributed by atoms with van der Waals surface area (Å²) in [6.45, 7) is 3.28. The third-order valence-electron chi connectivity index (χ3n) is 4.17. The van der Waals surface area contributed by atoms with E-state index < -0.39 is 36.6 Å². The molecule has 0 bridgehead atoms. The van der Waals surface area contributed by atoms with Gasteiger partial charge in [0.1, 0.15) is 0 Å². The van der Waals surface area contributed by atoms with Crippen molar-refractivity contribution in [2.45, 2.75) is 23.6 Å². The van der Waals surface area contributed by atoms with Crippen molar-refractivity contribution < 1.29 is 31.3 Å². The third kappa shape index (κ3) is 5.38. The summed E-state index contributed by atoms with van der Waals surface area (Å²) >= 11 is 0.